The van der Waals surface area contributed by atoms with E-state index in [2.05, 4.69) is 10.2 Å². The molecule has 66 valence electrons. The molecule has 0 bridgehead atoms. The van der Waals surface area contributed by atoms with Crippen LogP contribution in [0.5, 0.6) is 0 Å². The molecule has 4 heteroatoms. The van der Waals surface area contributed by atoms with E-state index in [1.165, 1.54) is 10.9 Å². The van der Waals surface area contributed by atoms with Crippen molar-refractivity contribution in [3.63, 3.8) is 0 Å². The van der Waals surface area contributed by atoms with E-state index in [0.29, 0.717) is 0 Å². The largest absolute Gasteiger partial charge is 0.347 e. The highest BCUT2D eigenvalue weighted by molar-refractivity contribution is 5.34. The lowest BCUT2D eigenvalue weighted by molar-refractivity contribution is 0.981. The molecule has 1 aromatic carbocycles. The summed E-state index contributed by atoms with van der Waals surface area (Å²) >= 11 is 0. The van der Waals surface area contributed by atoms with Gasteiger partial charge in [-0.25, -0.2) is 14.5 Å². The summed E-state index contributed by atoms with van der Waals surface area (Å²) < 4.78 is 1.47. The van der Waals surface area contributed by atoms with Gasteiger partial charge in [-0.2, -0.15) is 5.10 Å². The van der Waals surface area contributed by atoms with E-state index in [1.807, 2.05) is 31.2 Å². The maximum absolute atomic E-state index is 11.2. The minimum absolute atomic E-state index is 0.217. The van der Waals surface area contributed by atoms with Gasteiger partial charge in [0, 0.05) is 0 Å². The molecule has 0 amide bonds. The predicted molar refractivity (Wildman–Crippen MR) is 48.9 cm³/mol. The molecule has 1 N–H and O–H groups in total. The smallest absolute Gasteiger partial charge is 0.250 e. The van der Waals surface area contributed by atoms with Gasteiger partial charge in [-0.05, 0) is 24.6 Å². The molecule has 0 aliphatic carbocycles. The molecule has 0 aliphatic rings. The number of nitrogens with one attached hydrogen (secondary N) is 1. The molecule has 1 heterocycles. The van der Waals surface area contributed by atoms with Gasteiger partial charge in [-0.3, -0.25) is 0 Å². The number of rotatable bonds is 1. The Morgan fingerprint density at radius 1 is 1.46 bits per heavy atom. The number of H-pyrrole nitrogens is 1. The highest BCUT2D eigenvalue weighted by Crippen LogP contribution is 2.06. The number of aryl methyl sites for hydroxylation is 1. The molecule has 0 saturated heterocycles. The molecule has 1 aromatic heterocycles. The lowest BCUT2D eigenvalue weighted by Crippen LogP contribution is -2.13. The molecule has 0 radical (unpaired) electrons. The van der Waals surface area contributed by atoms with Gasteiger partial charge in [0.2, 0.25) is 0 Å². The van der Waals surface area contributed by atoms with E-state index >= 15 is 0 Å². The summed E-state index contributed by atoms with van der Waals surface area (Å²) in [4.78, 5) is 11.2. The van der Waals surface area contributed by atoms with Crippen LogP contribution in [0.4, 0.5) is 0 Å². The van der Waals surface area contributed by atoms with Crippen LogP contribution in [0.3, 0.4) is 0 Å². The monoisotopic (exact) mass is 175 g/mol. The summed E-state index contributed by atoms with van der Waals surface area (Å²) in [6.07, 6.45) is 1.47. The standard InChI is InChI=1S/C9H9N3O/c1-7-3-2-4-8(5-7)12-6-10-11-9(12)13/h2-6H,1H3,(H,11,13). The summed E-state index contributed by atoms with van der Waals surface area (Å²) in [6, 6.07) is 7.68. The highest BCUT2D eigenvalue weighted by atomic mass is 16.1. The van der Waals surface area contributed by atoms with E-state index in [-0.39, 0.29) is 5.69 Å². The summed E-state index contributed by atoms with van der Waals surface area (Å²) in [5.74, 6) is 0. The third-order valence-electron chi connectivity index (χ3n) is 1.83. The minimum Gasteiger partial charge on any atom is -0.250 e. The van der Waals surface area contributed by atoms with Crippen molar-refractivity contribution in [2.45, 2.75) is 6.92 Å². The molecule has 0 aliphatic heterocycles. The SMILES string of the molecule is Cc1cccc(-n2cn[nH]c2=O)c1. The average Bonchev–Trinajstić information content (AvgIpc) is 2.51. The molecule has 0 saturated carbocycles. The van der Waals surface area contributed by atoms with Crippen LogP contribution in [0, 0.1) is 6.92 Å². The van der Waals surface area contributed by atoms with Crippen LogP contribution >= 0.6 is 0 Å². The van der Waals surface area contributed by atoms with Crippen molar-refractivity contribution in [3.8, 4) is 5.69 Å². The van der Waals surface area contributed by atoms with Crippen molar-refractivity contribution in [2.24, 2.45) is 0 Å². The maximum Gasteiger partial charge on any atom is 0.347 e. The summed E-state index contributed by atoms with van der Waals surface area (Å²) in [5.41, 5.74) is 1.73. The molecule has 0 atom stereocenters. The van der Waals surface area contributed by atoms with Gasteiger partial charge in [0.05, 0.1) is 5.69 Å². The highest BCUT2D eigenvalue weighted by Gasteiger charge is 1.99. The number of hydrogen-bond acceptors (Lipinski definition) is 2. The first kappa shape index (κ1) is 7.79. The van der Waals surface area contributed by atoms with E-state index in [1.54, 1.807) is 0 Å². The van der Waals surface area contributed by atoms with Crippen LogP contribution in [0.2, 0.25) is 0 Å². The minimum atomic E-state index is -0.217. The number of benzene rings is 1. The Morgan fingerprint density at radius 2 is 2.31 bits per heavy atom. The van der Waals surface area contributed by atoms with E-state index in [4.69, 9.17) is 0 Å². The van der Waals surface area contributed by atoms with Crippen molar-refractivity contribution in [3.05, 3.63) is 46.6 Å². The van der Waals surface area contributed by atoms with Crippen LogP contribution in [0.25, 0.3) is 5.69 Å². The molecule has 0 unspecified atom stereocenters. The zero-order valence-electron chi connectivity index (χ0n) is 7.19. The van der Waals surface area contributed by atoms with Crippen LogP contribution in [-0.4, -0.2) is 14.8 Å². The molecular formula is C9H9N3O. The molecule has 4 nitrogen and oxygen atoms in total. The van der Waals surface area contributed by atoms with Gasteiger partial charge < -0.3 is 0 Å². The predicted octanol–water partition coefficient (Wildman–Crippen LogP) is 0.869. The van der Waals surface area contributed by atoms with Gasteiger partial charge in [-0.1, -0.05) is 12.1 Å². The molecule has 2 aromatic rings. The first-order valence-corrected chi connectivity index (χ1v) is 3.96. The quantitative estimate of drug-likeness (QED) is 0.699. The van der Waals surface area contributed by atoms with Gasteiger partial charge in [0.25, 0.3) is 0 Å². The Hall–Kier alpha value is -1.84. The summed E-state index contributed by atoms with van der Waals surface area (Å²) in [6.45, 7) is 1.98. The first-order chi connectivity index (χ1) is 6.27. The van der Waals surface area contributed by atoms with Gasteiger partial charge >= 0.3 is 5.69 Å². The van der Waals surface area contributed by atoms with Crippen LogP contribution in [0.1, 0.15) is 5.56 Å². The molecular weight excluding hydrogens is 166 g/mol. The zero-order chi connectivity index (χ0) is 9.26. The fraction of sp³-hybridized carbons (Fsp3) is 0.111. The second-order valence-corrected chi connectivity index (χ2v) is 2.87. The molecule has 0 spiro atoms. The molecule has 2 rings (SSSR count). The second kappa shape index (κ2) is 2.90. The third kappa shape index (κ3) is 1.38. The zero-order valence-corrected chi connectivity index (χ0v) is 7.19. The summed E-state index contributed by atoms with van der Waals surface area (Å²) in [5, 5.41) is 6.00. The first-order valence-electron chi connectivity index (χ1n) is 3.96. The van der Waals surface area contributed by atoms with E-state index < -0.39 is 0 Å². The Kier molecular flexibility index (Phi) is 1.73. The topological polar surface area (TPSA) is 50.7 Å². The Balaban J connectivity index is 2.59. The fourth-order valence-corrected chi connectivity index (χ4v) is 1.21. The van der Waals surface area contributed by atoms with Gasteiger partial charge in [0.1, 0.15) is 6.33 Å². The lowest BCUT2D eigenvalue weighted by atomic mass is 10.2. The number of aromatic amines is 1. The van der Waals surface area contributed by atoms with E-state index in [9.17, 15) is 4.79 Å². The van der Waals surface area contributed by atoms with Crippen LogP contribution in [0.15, 0.2) is 35.4 Å². The number of nitrogens with zero attached hydrogens (tertiary/aromatic N) is 2. The average molecular weight is 175 g/mol. The van der Waals surface area contributed by atoms with Gasteiger partial charge in [-0.15, -0.1) is 0 Å². The maximum atomic E-state index is 11.2. The van der Waals surface area contributed by atoms with Crippen LogP contribution < -0.4 is 5.69 Å². The fourth-order valence-electron chi connectivity index (χ4n) is 1.21. The van der Waals surface area contributed by atoms with Gasteiger partial charge in [0.15, 0.2) is 0 Å². The molecule has 13 heavy (non-hydrogen) atoms. The number of aromatic nitrogens is 3. The Morgan fingerprint density at radius 3 is 2.92 bits per heavy atom. The van der Waals surface area contributed by atoms with Crippen molar-refractivity contribution in [1.82, 2.24) is 14.8 Å². The number of hydrogen-bond donors (Lipinski definition) is 1. The van der Waals surface area contributed by atoms with E-state index in [0.717, 1.165) is 11.3 Å². The summed E-state index contributed by atoms with van der Waals surface area (Å²) in [7, 11) is 0. The molecule has 0 fully saturated rings. The lowest BCUT2D eigenvalue weighted by Gasteiger charge is -1.99. The Bertz CT molecular complexity index is 469. The van der Waals surface area contributed by atoms with Crippen LogP contribution in [-0.2, 0) is 0 Å². The third-order valence-corrected chi connectivity index (χ3v) is 1.83. The second-order valence-electron chi connectivity index (χ2n) is 2.87. The van der Waals surface area contributed by atoms with Crippen molar-refractivity contribution in [2.75, 3.05) is 0 Å². The van der Waals surface area contributed by atoms with Crippen molar-refractivity contribution < 1.29 is 0 Å². The Labute approximate surface area is 74.8 Å². The normalized spacial score (nSPS) is 10.2. The van der Waals surface area contributed by atoms with Crippen molar-refractivity contribution in [1.29, 1.82) is 0 Å². The van der Waals surface area contributed by atoms with Crippen molar-refractivity contribution >= 4 is 0 Å².